The summed E-state index contributed by atoms with van der Waals surface area (Å²) in [5.41, 5.74) is 1.61. The lowest BCUT2D eigenvalue weighted by molar-refractivity contribution is -0.115. The first-order chi connectivity index (χ1) is 15.7. The number of benzene rings is 2. The molecule has 1 saturated carbocycles. The van der Waals surface area contributed by atoms with Gasteiger partial charge in [0.25, 0.3) is 5.91 Å². The summed E-state index contributed by atoms with van der Waals surface area (Å²) in [7, 11) is 0. The van der Waals surface area contributed by atoms with Crippen molar-refractivity contribution in [2.45, 2.75) is 31.3 Å². The summed E-state index contributed by atoms with van der Waals surface area (Å²) in [6.07, 6.45) is 8.76. The number of amides is 2. The topological polar surface area (TPSA) is 88.9 Å². The van der Waals surface area contributed by atoms with Gasteiger partial charge in [-0.25, -0.2) is 4.98 Å². The van der Waals surface area contributed by atoms with E-state index in [1.807, 2.05) is 53.2 Å². The number of hydrogen-bond donors (Lipinski definition) is 2. The van der Waals surface area contributed by atoms with Crippen molar-refractivity contribution in [3.05, 3.63) is 90.6 Å². The molecule has 1 aliphatic rings. The molecule has 1 aliphatic carbocycles. The minimum Gasteiger partial charge on any atom is -0.349 e. The number of aromatic nitrogens is 3. The molecule has 0 saturated heterocycles. The Morgan fingerprint density at radius 2 is 1.78 bits per heavy atom. The second kappa shape index (κ2) is 8.63. The third-order valence-electron chi connectivity index (χ3n) is 5.91. The van der Waals surface area contributed by atoms with Gasteiger partial charge in [0.05, 0.1) is 12.7 Å². The number of anilines is 1. The van der Waals surface area contributed by atoms with E-state index < -0.39 is 0 Å². The Morgan fingerprint density at radius 3 is 2.62 bits per heavy atom. The van der Waals surface area contributed by atoms with Gasteiger partial charge in [0.2, 0.25) is 5.91 Å². The molecule has 2 amide bonds. The number of nitrogens with one attached hydrogen (secondary N) is 2. The molecule has 2 N–H and O–H groups in total. The average Bonchev–Trinajstić information content (AvgIpc) is 3.24. The van der Waals surface area contributed by atoms with Gasteiger partial charge in [0, 0.05) is 36.2 Å². The van der Waals surface area contributed by atoms with E-state index in [1.165, 1.54) is 0 Å². The molecule has 7 heteroatoms. The summed E-state index contributed by atoms with van der Waals surface area (Å²) in [5, 5.41) is 8.15. The highest BCUT2D eigenvalue weighted by atomic mass is 16.2. The first kappa shape index (κ1) is 19.9. The number of fused-ring (bicyclic) bond motifs is 1. The molecule has 0 spiro atoms. The zero-order valence-corrected chi connectivity index (χ0v) is 17.4. The number of hydrogen-bond acceptors (Lipinski definition) is 4. The van der Waals surface area contributed by atoms with Crippen LogP contribution in [0.1, 0.15) is 34.8 Å². The molecule has 5 rings (SSSR count). The van der Waals surface area contributed by atoms with Crippen molar-refractivity contribution in [2.24, 2.45) is 0 Å². The Hall–Kier alpha value is -4.00. The zero-order chi connectivity index (χ0) is 21.9. The lowest BCUT2D eigenvalue weighted by atomic mass is 9.86. The smallest absolute Gasteiger partial charge is 0.251 e. The van der Waals surface area contributed by atoms with Crippen molar-refractivity contribution < 1.29 is 9.59 Å². The van der Waals surface area contributed by atoms with E-state index in [1.54, 1.807) is 30.9 Å². The number of carbonyl (C=O) groups excluding carboxylic acids is 2. The van der Waals surface area contributed by atoms with Crippen LogP contribution >= 0.6 is 0 Å². The van der Waals surface area contributed by atoms with Crippen LogP contribution in [-0.2, 0) is 11.2 Å². The Morgan fingerprint density at radius 1 is 1.00 bits per heavy atom. The van der Waals surface area contributed by atoms with Crippen molar-refractivity contribution in [1.82, 2.24) is 19.9 Å². The molecule has 1 fully saturated rings. The van der Waals surface area contributed by atoms with Crippen LogP contribution in [0.15, 0.2) is 79.5 Å². The van der Waals surface area contributed by atoms with Gasteiger partial charge in [-0.15, -0.1) is 0 Å². The maximum Gasteiger partial charge on any atom is 0.251 e. The Balaban J connectivity index is 1.15. The monoisotopic (exact) mass is 425 g/mol. The van der Waals surface area contributed by atoms with Crippen LogP contribution in [0.3, 0.4) is 0 Å². The summed E-state index contributed by atoms with van der Waals surface area (Å²) >= 11 is 0. The van der Waals surface area contributed by atoms with Crippen LogP contribution in [0, 0.1) is 0 Å². The molecule has 7 nitrogen and oxygen atoms in total. The molecule has 32 heavy (non-hydrogen) atoms. The van der Waals surface area contributed by atoms with Crippen molar-refractivity contribution in [2.75, 3.05) is 5.32 Å². The van der Waals surface area contributed by atoms with Gasteiger partial charge in [-0.05, 0) is 41.3 Å². The summed E-state index contributed by atoms with van der Waals surface area (Å²) in [6, 6.07) is 17.9. The van der Waals surface area contributed by atoms with E-state index in [2.05, 4.69) is 20.6 Å². The first-order valence-corrected chi connectivity index (χ1v) is 10.7. The second-order valence-corrected chi connectivity index (χ2v) is 8.10. The molecule has 0 aliphatic heterocycles. The zero-order valence-electron chi connectivity index (χ0n) is 17.4. The third-order valence-corrected chi connectivity index (χ3v) is 5.91. The van der Waals surface area contributed by atoms with Crippen molar-refractivity contribution in [3.63, 3.8) is 0 Å². The minimum absolute atomic E-state index is 0.0807. The molecule has 4 aromatic rings. The molecule has 0 radical (unpaired) electrons. The van der Waals surface area contributed by atoms with E-state index in [0.29, 0.717) is 17.8 Å². The van der Waals surface area contributed by atoms with Crippen LogP contribution in [0.25, 0.3) is 10.8 Å². The predicted octanol–water partition coefficient (Wildman–Crippen LogP) is 3.75. The number of pyridine rings is 1. The van der Waals surface area contributed by atoms with Crippen LogP contribution < -0.4 is 10.6 Å². The third kappa shape index (κ3) is 4.23. The highest BCUT2D eigenvalue weighted by Gasteiger charge is 2.31. The van der Waals surface area contributed by atoms with Gasteiger partial charge in [-0.1, -0.05) is 42.5 Å². The molecule has 160 valence electrons. The van der Waals surface area contributed by atoms with E-state index in [0.717, 1.165) is 29.2 Å². The lowest BCUT2D eigenvalue weighted by Crippen LogP contribution is -2.44. The Kier molecular flexibility index (Phi) is 5.37. The molecule has 0 atom stereocenters. The Labute approximate surface area is 185 Å². The molecule has 2 heterocycles. The summed E-state index contributed by atoms with van der Waals surface area (Å²) in [5.74, 6) is 0.366. The summed E-state index contributed by atoms with van der Waals surface area (Å²) in [4.78, 5) is 33.1. The summed E-state index contributed by atoms with van der Waals surface area (Å²) in [6.45, 7) is 0. The SMILES string of the molecule is O=C(Cc1cccc2ccccc12)Nc1cn(C2CC(NC(=O)c3ccncc3)C2)cn1. The molecular formula is C25H23N5O2. The van der Waals surface area contributed by atoms with E-state index >= 15 is 0 Å². The Bertz CT molecular complexity index is 1260. The predicted molar refractivity (Wildman–Crippen MR) is 122 cm³/mol. The molecule has 0 bridgehead atoms. The largest absolute Gasteiger partial charge is 0.349 e. The molecule has 2 aromatic heterocycles. The second-order valence-electron chi connectivity index (χ2n) is 8.10. The maximum atomic E-state index is 12.6. The fraction of sp³-hybridized carbons (Fsp3) is 0.200. The fourth-order valence-electron chi connectivity index (χ4n) is 4.13. The lowest BCUT2D eigenvalue weighted by Gasteiger charge is -2.36. The van der Waals surface area contributed by atoms with Gasteiger partial charge in [-0.3, -0.25) is 14.6 Å². The molecule has 0 unspecified atom stereocenters. The van der Waals surface area contributed by atoms with Gasteiger partial charge in [-0.2, -0.15) is 0 Å². The normalized spacial score (nSPS) is 17.5. The van der Waals surface area contributed by atoms with Crippen molar-refractivity contribution >= 4 is 28.4 Å². The van der Waals surface area contributed by atoms with Crippen LogP contribution in [-0.4, -0.2) is 32.4 Å². The average molecular weight is 425 g/mol. The fourth-order valence-corrected chi connectivity index (χ4v) is 4.13. The highest BCUT2D eigenvalue weighted by Crippen LogP contribution is 2.33. The quantitative estimate of drug-likeness (QED) is 0.492. The van der Waals surface area contributed by atoms with E-state index in [-0.39, 0.29) is 23.9 Å². The number of rotatable bonds is 6. The maximum absolute atomic E-state index is 12.6. The number of imidazole rings is 1. The number of carbonyl (C=O) groups is 2. The van der Waals surface area contributed by atoms with Crippen LogP contribution in [0.5, 0.6) is 0 Å². The van der Waals surface area contributed by atoms with Crippen LogP contribution in [0.4, 0.5) is 5.82 Å². The van der Waals surface area contributed by atoms with Crippen molar-refractivity contribution in [3.8, 4) is 0 Å². The summed E-state index contributed by atoms with van der Waals surface area (Å²) < 4.78 is 2.00. The van der Waals surface area contributed by atoms with E-state index in [4.69, 9.17) is 0 Å². The standard InChI is InChI=1S/C25H23N5O2/c31-24(12-19-6-3-5-17-4-1-2-7-22(17)19)29-23-15-30(16-27-23)21-13-20(14-21)28-25(32)18-8-10-26-11-9-18/h1-11,15-16,20-21H,12-14H2,(H,28,32)(H,29,31). The van der Waals surface area contributed by atoms with E-state index in [9.17, 15) is 9.59 Å². The number of nitrogens with zero attached hydrogens (tertiary/aromatic N) is 3. The van der Waals surface area contributed by atoms with Gasteiger partial charge >= 0.3 is 0 Å². The van der Waals surface area contributed by atoms with Crippen molar-refractivity contribution in [1.29, 1.82) is 0 Å². The molecular weight excluding hydrogens is 402 g/mol. The molecule has 2 aromatic carbocycles. The minimum atomic E-state index is -0.0947. The first-order valence-electron chi connectivity index (χ1n) is 10.7. The van der Waals surface area contributed by atoms with Gasteiger partial charge < -0.3 is 15.2 Å². The van der Waals surface area contributed by atoms with Crippen LogP contribution in [0.2, 0.25) is 0 Å². The highest BCUT2D eigenvalue weighted by molar-refractivity contribution is 5.95. The van der Waals surface area contributed by atoms with Gasteiger partial charge in [0.1, 0.15) is 0 Å². The van der Waals surface area contributed by atoms with Gasteiger partial charge in [0.15, 0.2) is 5.82 Å².